The molecule has 33 heavy (non-hydrogen) atoms. The molecule has 1 aliphatic heterocycles. The molecule has 1 fully saturated rings. The number of carbonyl (C=O) groups is 1. The number of methoxy groups -OCH3 is 2. The Labute approximate surface area is 192 Å². The Morgan fingerprint density at radius 3 is 2.48 bits per heavy atom. The first-order valence-corrected chi connectivity index (χ1v) is 11.0. The van der Waals surface area contributed by atoms with Crippen molar-refractivity contribution in [2.24, 2.45) is 7.05 Å². The third-order valence-electron chi connectivity index (χ3n) is 5.96. The average molecular weight is 452 g/mol. The van der Waals surface area contributed by atoms with Crippen LogP contribution in [0.15, 0.2) is 53.3 Å². The van der Waals surface area contributed by atoms with Crippen molar-refractivity contribution in [2.75, 3.05) is 39.2 Å². The quantitative estimate of drug-likeness (QED) is 0.593. The van der Waals surface area contributed by atoms with Crippen LogP contribution in [0, 0.1) is 0 Å². The maximum atomic E-state index is 12.7. The number of benzene rings is 2. The molecule has 2 heterocycles. The van der Waals surface area contributed by atoms with E-state index in [1.165, 1.54) is 4.68 Å². The average Bonchev–Trinajstić information content (AvgIpc) is 3.14. The lowest BCUT2D eigenvalue weighted by Crippen LogP contribution is -2.39. The van der Waals surface area contributed by atoms with Gasteiger partial charge in [-0.25, -0.2) is 14.0 Å². The van der Waals surface area contributed by atoms with E-state index < -0.39 is 0 Å². The molecule has 0 aliphatic carbocycles. The van der Waals surface area contributed by atoms with E-state index in [4.69, 9.17) is 9.47 Å². The predicted molar refractivity (Wildman–Crippen MR) is 125 cm³/mol. The van der Waals surface area contributed by atoms with Gasteiger partial charge in [0.1, 0.15) is 17.3 Å². The van der Waals surface area contributed by atoms with E-state index in [0.29, 0.717) is 17.2 Å². The molecule has 2 aromatic carbocycles. The number of rotatable bonds is 7. The first-order valence-electron chi connectivity index (χ1n) is 11.0. The number of piperidine rings is 1. The van der Waals surface area contributed by atoms with E-state index in [2.05, 4.69) is 15.3 Å². The van der Waals surface area contributed by atoms with Crippen LogP contribution in [0.2, 0.25) is 0 Å². The molecule has 0 radical (unpaired) electrons. The van der Waals surface area contributed by atoms with Gasteiger partial charge >= 0.3 is 5.69 Å². The van der Waals surface area contributed by atoms with Crippen LogP contribution >= 0.6 is 0 Å². The smallest absolute Gasteiger partial charge is 0.350 e. The Bertz CT molecular complexity index is 1160. The number of ether oxygens (including phenoxy) is 2. The van der Waals surface area contributed by atoms with E-state index in [9.17, 15) is 9.59 Å². The number of likely N-dealkylation sites (tertiary alicyclic amines) is 1. The molecule has 0 bridgehead atoms. The minimum Gasteiger partial charge on any atom is -0.497 e. The lowest BCUT2D eigenvalue weighted by Gasteiger charge is -2.31. The fraction of sp³-hybridized carbons (Fsp3) is 0.375. The van der Waals surface area contributed by atoms with Crippen LogP contribution in [0.5, 0.6) is 11.5 Å². The first kappa shape index (κ1) is 22.6. The number of hydrogen-bond donors (Lipinski definition) is 1. The fourth-order valence-corrected chi connectivity index (χ4v) is 4.22. The highest BCUT2D eigenvalue weighted by molar-refractivity contribution is 5.94. The molecule has 0 atom stereocenters. The van der Waals surface area contributed by atoms with Crippen molar-refractivity contribution in [3.63, 3.8) is 0 Å². The number of carbonyl (C=O) groups excluding carboxylic acids is 1. The number of aromatic nitrogens is 3. The number of para-hydroxylation sites is 1. The fourth-order valence-electron chi connectivity index (χ4n) is 4.22. The molecule has 9 nitrogen and oxygen atoms in total. The summed E-state index contributed by atoms with van der Waals surface area (Å²) in [6.45, 7) is 1.76. The molecule has 4 rings (SSSR count). The molecule has 0 saturated carbocycles. The van der Waals surface area contributed by atoms with E-state index in [0.717, 1.165) is 37.4 Å². The summed E-state index contributed by atoms with van der Waals surface area (Å²) in [5.74, 6) is 2.04. The Kier molecular flexibility index (Phi) is 6.79. The van der Waals surface area contributed by atoms with Gasteiger partial charge in [0.2, 0.25) is 5.91 Å². The van der Waals surface area contributed by atoms with E-state index in [1.807, 2.05) is 30.3 Å². The van der Waals surface area contributed by atoms with Gasteiger partial charge in [-0.3, -0.25) is 9.69 Å². The maximum Gasteiger partial charge on any atom is 0.350 e. The van der Waals surface area contributed by atoms with E-state index >= 15 is 0 Å². The summed E-state index contributed by atoms with van der Waals surface area (Å²) >= 11 is 0. The molecule has 1 saturated heterocycles. The Balaban J connectivity index is 1.40. The van der Waals surface area contributed by atoms with Gasteiger partial charge in [-0.1, -0.05) is 18.2 Å². The van der Waals surface area contributed by atoms with Gasteiger partial charge in [0.05, 0.1) is 32.1 Å². The zero-order chi connectivity index (χ0) is 23.4. The van der Waals surface area contributed by atoms with Crippen LogP contribution in [0.1, 0.15) is 24.6 Å². The third kappa shape index (κ3) is 4.93. The summed E-state index contributed by atoms with van der Waals surface area (Å²) in [5, 5.41) is 7.45. The highest BCUT2D eigenvalue weighted by atomic mass is 16.5. The second kappa shape index (κ2) is 9.91. The molecule has 9 heteroatoms. The highest BCUT2D eigenvalue weighted by Gasteiger charge is 2.27. The van der Waals surface area contributed by atoms with Gasteiger partial charge < -0.3 is 14.8 Å². The normalized spacial score (nSPS) is 14.8. The van der Waals surface area contributed by atoms with Gasteiger partial charge in [-0.05, 0) is 50.2 Å². The van der Waals surface area contributed by atoms with Gasteiger partial charge in [0.15, 0.2) is 0 Å². The molecule has 1 amide bonds. The number of anilines is 1. The minimum absolute atomic E-state index is 0.112. The summed E-state index contributed by atoms with van der Waals surface area (Å²) < 4.78 is 13.7. The number of hydrogen-bond acceptors (Lipinski definition) is 6. The standard InChI is InChI=1S/C24H29N5O4/c1-27-24(31)29(18-7-5-4-6-8-18)23(26-27)17-11-13-28(14-12-17)16-22(30)25-20-15-19(32-2)9-10-21(20)33-3/h4-10,15,17H,11-14,16H2,1-3H3,(H,25,30). The van der Waals surface area contributed by atoms with Crippen molar-refractivity contribution >= 4 is 11.6 Å². The topological polar surface area (TPSA) is 90.6 Å². The molecule has 1 N–H and O–H groups in total. The second-order valence-electron chi connectivity index (χ2n) is 8.10. The monoisotopic (exact) mass is 451 g/mol. The zero-order valence-electron chi connectivity index (χ0n) is 19.2. The van der Waals surface area contributed by atoms with Gasteiger partial charge in [-0.15, -0.1) is 0 Å². The molecule has 3 aromatic rings. The Morgan fingerprint density at radius 1 is 1.09 bits per heavy atom. The molecule has 0 unspecified atom stereocenters. The second-order valence-corrected chi connectivity index (χ2v) is 8.10. The van der Waals surface area contributed by atoms with Gasteiger partial charge in [-0.2, -0.15) is 5.10 Å². The first-order chi connectivity index (χ1) is 16.0. The van der Waals surface area contributed by atoms with Crippen molar-refractivity contribution in [1.82, 2.24) is 19.2 Å². The summed E-state index contributed by atoms with van der Waals surface area (Å²) in [4.78, 5) is 27.5. The minimum atomic E-state index is -0.148. The van der Waals surface area contributed by atoms with Crippen LogP contribution in [-0.2, 0) is 11.8 Å². The molecular weight excluding hydrogens is 422 g/mol. The van der Waals surface area contributed by atoms with Crippen molar-refractivity contribution in [3.8, 4) is 17.2 Å². The van der Waals surface area contributed by atoms with Crippen molar-refractivity contribution in [2.45, 2.75) is 18.8 Å². The van der Waals surface area contributed by atoms with Crippen LogP contribution in [0.3, 0.4) is 0 Å². The van der Waals surface area contributed by atoms with Crippen molar-refractivity contribution < 1.29 is 14.3 Å². The predicted octanol–water partition coefficient (Wildman–Crippen LogP) is 2.41. The molecule has 1 aromatic heterocycles. The maximum absolute atomic E-state index is 12.7. The number of amides is 1. The lowest BCUT2D eigenvalue weighted by molar-refractivity contribution is -0.117. The summed E-state index contributed by atoms with van der Waals surface area (Å²) in [7, 11) is 4.82. The highest BCUT2D eigenvalue weighted by Crippen LogP contribution is 2.30. The van der Waals surface area contributed by atoms with E-state index in [-0.39, 0.29) is 24.1 Å². The number of nitrogens with one attached hydrogen (secondary N) is 1. The lowest BCUT2D eigenvalue weighted by atomic mass is 9.95. The van der Waals surface area contributed by atoms with Gasteiger partial charge in [0.25, 0.3) is 0 Å². The SMILES string of the molecule is COc1ccc(OC)c(NC(=O)CN2CCC(c3nn(C)c(=O)n3-c3ccccc3)CC2)c1. The Hall–Kier alpha value is -3.59. The molecule has 174 valence electrons. The van der Waals surface area contributed by atoms with Gasteiger partial charge in [0, 0.05) is 19.0 Å². The van der Waals surface area contributed by atoms with Crippen LogP contribution < -0.4 is 20.5 Å². The molecule has 1 aliphatic rings. The van der Waals surface area contributed by atoms with Crippen molar-refractivity contribution in [1.29, 1.82) is 0 Å². The van der Waals surface area contributed by atoms with Crippen LogP contribution in [0.25, 0.3) is 5.69 Å². The number of aryl methyl sites for hydroxylation is 1. The summed E-state index contributed by atoms with van der Waals surface area (Å²) in [5.41, 5.74) is 1.25. The zero-order valence-corrected chi connectivity index (χ0v) is 19.2. The number of nitrogens with zero attached hydrogens (tertiary/aromatic N) is 4. The van der Waals surface area contributed by atoms with Crippen LogP contribution in [-0.4, -0.2) is 59.0 Å². The van der Waals surface area contributed by atoms with Crippen LogP contribution in [0.4, 0.5) is 5.69 Å². The van der Waals surface area contributed by atoms with E-state index in [1.54, 1.807) is 44.0 Å². The third-order valence-corrected chi connectivity index (χ3v) is 5.96. The molecule has 0 spiro atoms. The summed E-state index contributed by atoms with van der Waals surface area (Å²) in [6, 6.07) is 14.9. The largest absolute Gasteiger partial charge is 0.497 e. The Morgan fingerprint density at radius 2 is 1.82 bits per heavy atom. The summed E-state index contributed by atoms with van der Waals surface area (Å²) in [6.07, 6.45) is 1.64. The molecular formula is C24H29N5O4. The van der Waals surface area contributed by atoms with Crippen molar-refractivity contribution in [3.05, 3.63) is 64.8 Å².